The van der Waals surface area contributed by atoms with E-state index in [1.54, 1.807) is 6.33 Å². The van der Waals surface area contributed by atoms with Crippen LogP contribution in [0, 0.1) is 6.92 Å². The van der Waals surface area contributed by atoms with Gasteiger partial charge in [-0.25, -0.2) is 0 Å². The van der Waals surface area contributed by atoms with Gasteiger partial charge >= 0.3 is 0 Å². The molecule has 0 fully saturated rings. The molecule has 0 atom stereocenters. The van der Waals surface area contributed by atoms with Crippen molar-refractivity contribution in [2.24, 2.45) is 7.05 Å². The molecular weight excluding hydrogens is 348 g/mol. The average Bonchev–Trinajstić information content (AvgIpc) is 2.62. The molecule has 1 N–H and O–H groups in total. The van der Waals surface area contributed by atoms with E-state index in [-0.39, 0.29) is 0 Å². The van der Waals surface area contributed by atoms with E-state index in [9.17, 15) is 0 Å². The minimum Gasteiger partial charge on any atom is -0.376 e. The van der Waals surface area contributed by atoms with Gasteiger partial charge in [-0.05, 0) is 56.5 Å². The third-order valence-corrected chi connectivity index (χ3v) is 3.67. The van der Waals surface area contributed by atoms with Crippen LogP contribution in [0.3, 0.4) is 0 Å². The number of nitrogens with zero attached hydrogens (tertiary/aromatic N) is 3. The van der Waals surface area contributed by atoms with Crippen molar-refractivity contribution in [2.75, 3.05) is 5.32 Å². The molecule has 0 saturated carbocycles. The van der Waals surface area contributed by atoms with E-state index in [0.717, 1.165) is 20.5 Å². The zero-order valence-corrected chi connectivity index (χ0v) is 12.7. The number of hydrogen-bond acceptors (Lipinski definition) is 3. The molecule has 0 spiro atoms. The molecule has 2 rings (SSSR count). The monoisotopic (exact) mass is 358 g/mol. The highest BCUT2D eigenvalue weighted by atomic mass is 79.9. The third-order valence-electron chi connectivity index (χ3n) is 2.41. The van der Waals surface area contributed by atoms with E-state index in [2.05, 4.69) is 66.4 Å². The molecule has 0 aliphatic rings. The van der Waals surface area contributed by atoms with Crippen molar-refractivity contribution in [1.82, 2.24) is 14.8 Å². The predicted octanol–water partition coefficient (Wildman–Crippen LogP) is 3.26. The Morgan fingerprint density at radius 2 is 1.94 bits per heavy atom. The molecule has 1 aromatic heterocycles. The molecule has 1 heterocycles. The molecule has 0 bridgehead atoms. The van der Waals surface area contributed by atoms with Crippen LogP contribution in [0.1, 0.15) is 11.4 Å². The van der Waals surface area contributed by atoms with Gasteiger partial charge in [0.2, 0.25) is 0 Å². The third kappa shape index (κ3) is 2.87. The molecule has 6 heteroatoms. The summed E-state index contributed by atoms with van der Waals surface area (Å²) >= 11 is 7.09. The average molecular weight is 360 g/mol. The summed E-state index contributed by atoms with van der Waals surface area (Å²) in [5.41, 5.74) is 2.23. The number of aromatic nitrogens is 3. The second kappa shape index (κ2) is 5.18. The molecule has 2 aromatic rings. The molecule has 90 valence electrons. The fourth-order valence-corrected chi connectivity index (χ4v) is 3.20. The van der Waals surface area contributed by atoms with Crippen molar-refractivity contribution >= 4 is 37.5 Å². The highest BCUT2D eigenvalue weighted by molar-refractivity contribution is 9.11. The first-order valence-corrected chi connectivity index (χ1v) is 6.69. The molecule has 0 saturated heterocycles. The first-order chi connectivity index (χ1) is 8.08. The normalized spacial score (nSPS) is 10.6. The van der Waals surface area contributed by atoms with E-state index >= 15 is 0 Å². The van der Waals surface area contributed by atoms with Crippen LogP contribution in [-0.4, -0.2) is 14.8 Å². The fourth-order valence-electron chi connectivity index (χ4n) is 1.50. The molecule has 4 nitrogen and oxygen atoms in total. The van der Waals surface area contributed by atoms with Crippen LogP contribution in [0.4, 0.5) is 5.69 Å². The van der Waals surface area contributed by atoms with E-state index in [1.807, 2.05) is 11.6 Å². The lowest BCUT2D eigenvalue weighted by Gasteiger charge is -2.11. The SMILES string of the molecule is Cc1cc(Br)c(NCc2nncn2C)c(Br)c1. The van der Waals surface area contributed by atoms with Crippen molar-refractivity contribution in [2.45, 2.75) is 13.5 Å². The number of hydrogen-bond donors (Lipinski definition) is 1. The van der Waals surface area contributed by atoms with Crippen molar-refractivity contribution in [3.63, 3.8) is 0 Å². The maximum Gasteiger partial charge on any atom is 0.151 e. The Bertz CT molecular complexity index is 513. The Morgan fingerprint density at radius 3 is 2.47 bits per heavy atom. The van der Waals surface area contributed by atoms with Gasteiger partial charge in [0.15, 0.2) is 5.82 Å². The van der Waals surface area contributed by atoms with Gasteiger partial charge < -0.3 is 9.88 Å². The van der Waals surface area contributed by atoms with E-state index in [4.69, 9.17) is 0 Å². The minimum absolute atomic E-state index is 0.636. The van der Waals surface area contributed by atoms with Crippen molar-refractivity contribution in [3.8, 4) is 0 Å². The number of anilines is 1. The maximum atomic E-state index is 4.03. The van der Waals surface area contributed by atoms with Gasteiger partial charge in [-0.15, -0.1) is 10.2 Å². The Hall–Kier alpha value is -0.880. The predicted molar refractivity (Wildman–Crippen MR) is 74.9 cm³/mol. The summed E-state index contributed by atoms with van der Waals surface area (Å²) in [6.45, 7) is 2.69. The van der Waals surface area contributed by atoms with Gasteiger partial charge in [0.05, 0.1) is 12.2 Å². The van der Waals surface area contributed by atoms with Crippen molar-refractivity contribution in [1.29, 1.82) is 0 Å². The van der Waals surface area contributed by atoms with Gasteiger partial charge in [-0.1, -0.05) is 0 Å². The van der Waals surface area contributed by atoms with Crippen molar-refractivity contribution in [3.05, 3.63) is 38.8 Å². The quantitative estimate of drug-likeness (QED) is 0.914. The van der Waals surface area contributed by atoms with Crippen LogP contribution in [0.25, 0.3) is 0 Å². The smallest absolute Gasteiger partial charge is 0.151 e. The molecular formula is C11H12Br2N4. The first kappa shape index (κ1) is 12.6. The van der Waals surface area contributed by atoms with E-state index in [1.165, 1.54) is 5.56 Å². The Balaban J connectivity index is 2.17. The van der Waals surface area contributed by atoms with Crippen LogP contribution < -0.4 is 5.32 Å². The lowest BCUT2D eigenvalue weighted by Crippen LogP contribution is -2.06. The number of rotatable bonds is 3. The van der Waals surface area contributed by atoms with Gasteiger partial charge in [0, 0.05) is 16.0 Å². The first-order valence-electron chi connectivity index (χ1n) is 5.10. The zero-order valence-electron chi connectivity index (χ0n) is 9.54. The molecule has 0 radical (unpaired) electrons. The van der Waals surface area contributed by atoms with Crippen LogP contribution >= 0.6 is 31.9 Å². The number of aryl methyl sites for hydroxylation is 2. The maximum absolute atomic E-state index is 4.03. The summed E-state index contributed by atoms with van der Waals surface area (Å²) in [5, 5.41) is 11.2. The standard InChI is InChI=1S/C11H12Br2N4/c1-7-3-8(12)11(9(13)4-7)14-5-10-16-15-6-17(10)2/h3-4,6,14H,5H2,1-2H3. The Kier molecular flexibility index (Phi) is 3.83. The fraction of sp³-hybridized carbons (Fsp3) is 0.273. The van der Waals surface area contributed by atoms with Gasteiger partial charge in [0.25, 0.3) is 0 Å². The summed E-state index contributed by atoms with van der Waals surface area (Å²) in [6, 6.07) is 4.15. The molecule has 0 aliphatic carbocycles. The Morgan fingerprint density at radius 1 is 1.29 bits per heavy atom. The number of nitrogens with one attached hydrogen (secondary N) is 1. The van der Waals surface area contributed by atoms with Gasteiger partial charge in [0.1, 0.15) is 6.33 Å². The summed E-state index contributed by atoms with van der Waals surface area (Å²) in [6.07, 6.45) is 1.69. The summed E-state index contributed by atoms with van der Waals surface area (Å²) in [4.78, 5) is 0. The van der Waals surface area contributed by atoms with Gasteiger partial charge in [-0.3, -0.25) is 0 Å². The summed E-state index contributed by atoms with van der Waals surface area (Å²) in [5.74, 6) is 0.893. The Labute approximate surface area is 117 Å². The van der Waals surface area contributed by atoms with Crippen molar-refractivity contribution < 1.29 is 0 Å². The van der Waals surface area contributed by atoms with E-state index in [0.29, 0.717) is 6.54 Å². The van der Waals surface area contributed by atoms with Crippen LogP contribution in [-0.2, 0) is 13.6 Å². The van der Waals surface area contributed by atoms with E-state index < -0.39 is 0 Å². The minimum atomic E-state index is 0.636. The van der Waals surface area contributed by atoms with Crippen LogP contribution in [0.5, 0.6) is 0 Å². The summed E-state index contributed by atoms with van der Waals surface area (Å²) in [7, 11) is 1.93. The number of halogens is 2. The second-order valence-electron chi connectivity index (χ2n) is 3.82. The van der Waals surface area contributed by atoms with Crippen LogP contribution in [0.15, 0.2) is 27.4 Å². The molecule has 17 heavy (non-hydrogen) atoms. The lowest BCUT2D eigenvalue weighted by atomic mass is 10.2. The molecule has 0 amide bonds. The largest absolute Gasteiger partial charge is 0.376 e. The van der Waals surface area contributed by atoms with Gasteiger partial charge in [-0.2, -0.15) is 0 Å². The molecule has 0 unspecified atom stereocenters. The van der Waals surface area contributed by atoms with Crippen LogP contribution in [0.2, 0.25) is 0 Å². The second-order valence-corrected chi connectivity index (χ2v) is 5.52. The topological polar surface area (TPSA) is 42.7 Å². The lowest BCUT2D eigenvalue weighted by molar-refractivity contribution is 0.812. The molecule has 0 aliphatic heterocycles. The highest BCUT2D eigenvalue weighted by Gasteiger charge is 2.07. The highest BCUT2D eigenvalue weighted by Crippen LogP contribution is 2.32. The molecule has 1 aromatic carbocycles. The number of benzene rings is 1. The summed E-state index contributed by atoms with van der Waals surface area (Å²) < 4.78 is 3.96. The zero-order chi connectivity index (χ0) is 12.4.